The van der Waals surface area contributed by atoms with Gasteiger partial charge >= 0.3 is 5.97 Å². The average Bonchev–Trinajstić information content (AvgIpc) is 2.75. The molecule has 0 saturated heterocycles. The summed E-state index contributed by atoms with van der Waals surface area (Å²) < 4.78 is 6.32. The molecule has 0 saturated carbocycles. The number of rotatable bonds is 7. The molecule has 2 aromatic carbocycles. The number of aliphatic carboxylic acids is 1. The van der Waals surface area contributed by atoms with Gasteiger partial charge in [0, 0.05) is 12.5 Å². The van der Waals surface area contributed by atoms with Crippen molar-refractivity contribution >= 4 is 11.9 Å². The maximum Gasteiger partial charge on any atom is 0.311 e. The van der Waals surface area contributed by atoms with Gasteiger partial charge in [0.1, 0.15) is 11.5 Å². The number of carbonyl (C=O) groups excluding carboxylic acids is 1. The van der Waals surface area contributed by atoms with Gasteiger partial charge in [0.15, 0.2) is 0 Å². The number of carboxylic acid groups (broad SMARTS) is 1. The summed E-state index contributed by atoms with van der Waals surface area (Å²) in [6, 6.07) is 15.2. The number of ether oxygens (including phenoxy) is 1. The molecule has 3 aliphatic rings. The lowest BCUT2D eigenvalue weighted by molar-refractivity contribution is -0.173. The topological polar surface area (TPSA) is 95.9 Å². The number of hydrogen-bond acceptors (Lipinski definition) is 4. The number of benzene rings is 2. The van der Waals surface area contributed by atoms with Crippen LogP contribution in [0.15, 0.2) is 48.5 Å². The van der Waals surface area contributed by atoms with Crippen LogP contribution in [0.4, 0.5) is 0 Å². The smallest absolute Gasteiger partial charge is 0.311 e. The lowest BCUT2D eigenvalue weighted by Crippen LogP contribution is -2.60. The molecule has 6 nitrogen and oxygen atoms in total. The van der Waals surface area contributed by atoms with Crippen LogP contribution in [-0.4, -0.2) is 41.3 Å². The molecular formula is C24H27NO5. The fourth-order valence-corrected chi connectivity index (χ4v) is 5.19. The molecule has 2 aromatic rings. The first-order chi connectivity index (χ1) is 14.4. The van der Waals surface area contributed by atoms with E-state index in [0.717, 1.165) is 28.7 Å². The van der Waals surface area contributed by atoms with Gasteiger partial charge in [0.05, 0.1) is 18.6 Å². The van der Waals surface area contributed by atoms with Crippen LogP contribution in [0.5, 0.6) is 0 Å². The zero-order valence-electron chi connectivity index (χ0n) is 17.2. The molecule has 6 heteroatoms. The number of aliphatic hydroxyl groups excluding tert-OH is 1. The molecule has 3 aliphatic carbocycles. The van der Waals surface area contributed by atoms with E-state index in [9.17, 15) is 19.8 Å². The first kappa shape index (κ1) is 20.6. The summed E-state index contributed by atoms with van der Waals surface area (Å²) >= 11 is 0. The molecule has 0 aromatic heterocycles. The normalized spacial score (nSPS) is 27.1. The van der Waals surface area contributed by atoms with Crippen LogP contribution < -0.4 is 5.32 Å². The van der Waals surface area contributed by atoms with E-state index >= 15 is 0 Å². The van der Waals surface area contributed by atoms with E-state index < -0.39 is 29.5 Å². The lowest BCUT2D eigenvalue weighted by atomic mass is 9.51. The Morgan fingerprint density at radius 2 is 1.67 bits per heavy atom. The van der Waals surface area contributed by atoms with Crippen molar-refractivity contribution in [2.45, 2.75) is 37.9 Å². The molecule has 5 rings (SSSR count). The molecule has 3 atom stereocenters. The van der Waals surface area contributed by atoms with E-state index in [1.54, 1.807) is 6.92 Å². The maximum atomic E-state index is 13.3. The molecule has 0 fully saturated rings. The van der Waals surface area contributed by atoms with Gasteiger partial charge in [-0.3, -0.25) is 9.59 Å². The summed E-state index contributed by atoms with van der Waals surface area (Å²) in [5.41, 5.74) is 2.01. The van der Waals surface area contributed by atoms with E-state index in [1.165, 1.54) is 0 Å². The van der Waals surface area contributed by atoms with Gasteiger partial charge in [-0.1, -0.05) is 55.5 Å². The van der Waals surface area contributed by atoms with E-state index in [-0.39, 0.29) is 18.4 Å². The molecule has 0 heterocycles. The number of fused-ring (bicyclic) bond motifs is 1. The highest BCUT2D eigenvalue weighted by Gasteiger charge is 2.64. The van der Waals surface area contributed by atoms with Gasteiger partial charge in [-0.25, -0.2) is 0 Å². The minimum Gasteiger partial charge on any atom is -0.481 e. The van der Waals surface area contributed by atoms with Crippen molar-refractivity contribution in [1.29, 1.82) is 0 Å². The standard InChI is InChI=1S/C24H27NO5/c1-3-12-25-22(27)20-19-15-8-4-6-10-17(15)24(21(20)23(28)29,30-13-14(2)26)18-11-7-5-9-16(18)19/h4-11,14,19-21,26H,3,12-13H2,1-2H3,(H,25,27)(H,28,29). The van der Waals surface area contributed by atoms with Crippen LogP contribution in [0.2, 0.25) is 0 Å². The number of aliphatic hydroxyl groups is 1. The molecule has 0 radical (unpaired) electrons. The maximum absolute atomic E-state index is 13.3. The minimum atomic E-state index is -1.35. The number of carbonyl (C=O) groups is 2. The van der Waals surface area contributed by atoms with Crippen molar-refractivity contribution in [2.75, 3.05) is 13.2 Å². The molecule has 3 unspecified atom stereocenters. The molecular weight excluding hydrogens is 382 g/mol. The van der Waals surface area contributed by atoms with Crippen LogP contribution in [0.1, 0.15) is 48.4 Å². The Morgan fingerprint density at radius 1 is 1.10 bits per heavy atom. The zero-order chi connectivity index (χ0) is 21.5. The Morgan fingerprint density at radius 3 is 2.17 bits per heavy atom. The fourth-order valence-electron chi connectivity index (χ4n) is 5.19. The van der Waals surface area contributed by atoms with Gasteiger partial charge < -0.3 is 20.3 Å². The van der Waals surface area contributed by atoms with Crippen molar-refractivity contribution in [3.8, 4) is 0 Å². The van der Waals surface area contributed by atoms with Gasteiger partial charge in [0.25, 0.3) is 0 Å². The minimum absolute atomic E-state index is 0.0413. The van der Waals surface area contributed by atoms with Crippen LogP contribution in [0.3, 0.4) is 0 Å². The third-order valence-electron chi connectivity index (χ3n) is 6.22. The number of hydrogen-bond donors (Lipinski definition) is 3. The second-order valence-electron chi connectivity index (χ2n) is 8.18. The van der Waals surface area contributed by atoms with E-state index in [2.05, 4.69) is 5.32 Å². The molecule has 2 bridgehead atoms. The van der Waals surface area contributed by atoms with E-state index in [1.807, 2.05) is 55.5 Å². The summed E-state index contributed by atoms with van der Waals surface area (Å²) in [5.74, 6) is -3.64. The average molecular weight is 409 g/mol. The third-order valence-corrected chi connectivity index (χ3v) is 6.22. The number of amides is 1. The Kier molecular flexibility index (Phi) is 5.38. The summed E-state index contributed by atoms with van der Waals surface area (Å²) in [4.78, 5) is 26.0. The molecule has 1 amide bonds. The number of nitrogens with one attached hydrogen (secondary N) is 1. The predicted octanol–water partition coefficient (Wildman–Crippen LogP) is 2.63. The Hall–Kier alpha value is -2.70. The highest BCUT2D eigenvalue weighted by atomic mass is 16.5. The monoisotopic (exact) mass is 409 g/mol. The predicted molar refractivity (Wildman–Crippen MR) is 111 cm³/mol. The highest BCUT2D eigenvalue weighted by molar-refractivity contribution is 5.90. The van der Waals surface area contributed by atoms with Crippen molar-refractivity contribution < 1.29 is 24.5 Å². The largest absolute Gasteiger partial charge is 0.481 e. The first-order valence-corrected chi connectivity index (χ1v) is 10.4. The second-order valence-corrected chi connectivity index (χ2v) is 8.18. The molecule has 0 aliphatic heterocycles. The van der Waals surface area contributed by atoms with Crippen LogP contribution in [0.25, 0.3) is 0 Å². The molecule has 3 N–H and O–H groups in total. The van der Waals surface area contributed by atoms with Crippen LogP contribution in [-0.2, 0) is 19.9 Å². The lowest BCUT2D eigenvalue weighted by Gasteiger charge is -2.55. The molecule has 30 heavy (non-hydrogen) atoms. The summed E-state index contributed by atoms with van der Waals surface area (Å²) in [6.07, 6.45) is -0.0160. The molecule has 0 spiro atoms. The zero-order valence-corrected chi connectivity index (χ0v) is 17.2. The van der Waals surface area contributed by atoms with Crippen LogP contribution >= 0.6 is 0 Å². The SMILES string of the molecule is CCCNC(=O)C1C2c3ccccc3C(OCC(C)O)(c3ccccc32)C1C(=O)O. The fraction of sp³-hybridized carbons (Fsp3) is 0.417. The van der Waals surface area contributed by atoms with Crippen LogP contribution in [0, 0.1) is 11.8 Å². The Balaban J connectivity index is 2.00. The summed E-state index contributed by atoms with van der Waals surface area (Å²) in [7, 11) is 0. The van der Waals surface area contributed by atoms with Crippen molar-refractivity contribution in [1.82, 2.24) is 5.32 Å². The van der Waals surface area contributed by atoms with Crippen molar-refractivity contribution in [3.05, 3.63) is 70.8 Å². The Labute approximate surface area is 175 Å². The third kappa shape index (κ3) is 2.94. The Bertz CT molecular complexity index is 922. The summed E-state index contributed by atoms with van der Waals surface area (Å²) in [5, 5.41) is 23.2. The van der Waals surface area contributed by atoms with Gasteiger partial charge in [0.2, 0.25) is 5.91 Å². The quantitative estimate of drug-likeness (QED) is 0.653. The van der Waals surface area contributed by atoms with Crippen molar-refractivity contribution in [3.63, 3.8) is 0 Å². The van der Waals surface area contributed by atoms with Crippen molar-refractivity contribution in [2.24, 2.45) is 11.8 Å². The molecule has 158 valence electrons. The van der Waals surface area contributed by atoms with Gasteiger partial charge in [-0.05, 0) is 35.6 Å². The second kappa shape index (κ2) is 7.85. The highest BCUT2D eigenvalue weighted by Crippen LogP contribution is 2.62. The van der Waals surface area contributed by atoms with E-state index in [4.69, 9.17) is 4.74 Å². The van der Waals surface area contributed by atoms with E-state index in [0.29, 0.717) is 6.54 Å². The first-order valence-electron chi connectivity index (χ1n) is 10.4. The number of carboxylic acids is 1. The summed E-state index contributed by atoms with van der Waals surface area (Å²) in [6.45, 7) is 4.00. The van der Waals surface area contributed by atoms with Gasteiger partial charge in [-0.2, -0.15) is 0 Å². The van der Waals surface area contributed by atoms with Gasteiger partial charge in [-0.15, -0.1) is 0 Å².